The summed E-state index contributed by atoms with van der Waals surface area (Å²) in [5.74, 6) is -1.01. The highest BCUT2D eigenvalue weighted by Crippen LogP contribution is 2.42. The topological polar surface area (TPSA) is 49.4 Å². The van der Waals surface area contributed by atoms with Gasteiger partial charge in [0.25, 0.3) is 0 Å². The molecule has 21 heavy (non-hydrogen) atoms. The van der Waals surface area contributed by atoms with Crippen LogP contribution in [-0.4, -0.2) is 40.5 Å². The third-order valence-corrected chi connectivity index (χ3v) is 4.92. The van der Waals surface area contributed by atoms with E-state index in [0.29, 0.717) is 38.5 Å². The fourth-order valence-corrected chi connectivity index (χ4v) is 3.55. The lowest BCUT2D eigenvalue weighted by Gasteiger charge is -2.51. The van der Waals surface area contributed by atoms with Crippen LogP contribution in [0.15, 0.2) is 0 Å². The maximum absolute atomic E-state index is 12.9. The van der Waals surface area contributed by atoms with Gasteiger partial charge in [-0.1, -0.05) is 26.7 Å². The molecule has 4 nitrogen and oxygen atoms in total. The molecule has 120 valence electrons. The standard InChI is InChI=1S/C14H21F3N2O2/c1-3-12(4-2)11(21)19(9-14(15,16)17)13(10(20)18-12)7-5-6-8-13/h3-9H2,1-2H3,(H,18,20). The number of amides is 2. The van der Waals surface area contributed by atoms with Crippen molar-refractivity contribution in [3.8, 4) is 0 Å². The molecule has 2 amide bonds. The molecule has 2 aliphatic rings. The van der Waals surface area contributed by atoms with E-state index in [4.69, 9.17) is 0 Å². The van der Waals surface area contributed by atoms with Gasteiger partial charge < -0.3 is 10.2 Å². The van der Waals surface area contributed by atoms with E-state index in [9.17, 15) is 22.8 Å². The van der Waals surface area contributed by atoms with E-state index in [2.05, 4.69) is 5.32 Å². The van der Waals surface area contributed by atoms with E-state index >= 15 is 0 Å². The Labute approximate surface area is 122 Å². The molecule has 2 fully saturated rings. The van der Waals surface area contributed by atoms with Crippen LogP contribution in [0.1, 0.15) is 52.4 Å². The zero-order chi connectivity index (χ0) is 15.9. The third-order valence-electron chi connectivity index (χ3n) is 4.92. The van der Waals surface area contributed by atoms with Gasteiger partial charge in [-0.15, -0.1) is 0 Å². The Morgan fingerprint density at radius 1 is 1.14 bits per heavy atom. The van der Waals surface area contributed by atoms with Gasteiger partial charge in [0.2, 0.25) is 11.8 Å². The number of piperazine rings is 1. The zero-order valence-corrected chi connectivity index (χ0v) is 12.3. The molecule has 1 saturated heterocycles. The molecule has 1 spiro atoms. The minimum atomic E-state index is -4.50. The Kier molecular flexibility index (Phi) is 3.97. The molecule has 0 aromatic heterocycles. The van der Waals surface area contributed by atoms with Crippen LogP contribution in [0.5, 0.6) is 0 Å². The summed E-state index contributed by atoms with van der Waals surface area (Å²) in [5.41, 5.74) is -2.50. The lowest BCUT2D eigenvalue weighted by molar-refractivity contribution is -0.188. The van der Waals surface area contributed by atoms with Gasteiger partial charge in [0, 0.05) is 0 Å². The molecule has 0 unspecified atom stereocenters. The van der Waals surface area contributed by atoms with E-state index in [1.165, 1.54) is 0 Å². The Morgan fingerprint density at radius 3 is 2.10 bits per heavy atom. The minimum Gasteiger partial charge on any atom is -0.340 e. The molecule has 0 bridgehead atoms. The summed E-state index contributed by atoms with van der Waals surface area (Å²) in [6, 6.07) is 0. The van der Waals surface area contributed by atoms with Crippen molar-refractivity contribution < 1.29 is 22.8 Å². The van der Waals surface area contributed by atoms with Gasteiger partial charge in [-0.2, -0.15) is 13.2 Å². The maximum Gasteiger partial charge on any atom is 0.406 e. The average molecular weight is 306 g/mol. The first-order chi connectivity index (χ1) is 9.71. The van der Waals surface area contributed by atoms with E-state index in [1.54, 1.807) is 13.8 Å². The van der Waals surface area contributed by atoms with Crippen LogP contribution >= 0.6 is 0 Å². The van der Waals surface area contributed by atoms with Crippen molar-refractivity contribution in [3.63, 3.8) is 0 Å². The Balaban J connectivity index is 2.44. The highest BCUT2D eigenvalue weighted by molar-refractivity contribution is 6.02. The van der Waals surface area contributed by atoms with Crippen molar-refractivity contribution in [1.29, 1.82) is 0 Å². The number of rotatable bonds is 3. The molecule has 1 saturated carbocycles. The number of hydrogen-bond acceptors (Lipinski definition) is 2. The number of carbonyl (C=O) groups excluding carboxylic acids is 2. The van der Waals surface area contributed by atoms with Crippen LogP contribution in [0.4, 0.5) is 13.2 Å². The fourth-order valence-electron chi connectivity index (χ4n) is 3.55. The molecule has 1 N–H and O–H groups in total. The van der Waals surface area contributed by atoms with Crippen LogP contribution in [0.3, 0.4) is 0 Å². The predicted octanol–water partition coefficient (Wildman–Crippen LogP) is 2.38. The number of hydrogen-bond donors (Lipinski definition) is 1. The number of nitrogens with zero attached hydrogens (tertiary/aromatic N) is 1. The summed E-state index contributed by atoms with van der Waals surface area (Å²) in [6.45, 7) is 2.07. The summed E-state index contributed by atoms with van der Waals surface area (Å²) in [7, 11) is 0. The van der Waals surface area contributed by atoms with Crippen molar-refractivity contribution in [2.75, 3.05) is 6.54 Å². The van der Waals surface area contributed by atoms with Gasteiger partial charge in [0.1, 0.15) is 17.6 Å². The molecular formula is C14H21F3N2O2. The van der Waals surface area contributed by atoms with Gasteiger partial charge in [-0.05, 0) is 25.7 Å². The van der Waals surface area contributed by atoms with E-state index < -0.39 is 35.6 Å². The van der Waals surface area contributed by atoms with Crippen molar-refractivity contribution in [3.05, 3.63) is 0 Å². The third kappa shape index (κ3) is 2.51. The molecule has 7 heteroatoms. The molecule has 1 aliphatic carbocycles. The summed E-state index contributed by atoms with van der Waals surface area (Å²) >= 11 is 0. The molecule has 0 aromatic carbocycles. The second-order valence-corrected chi connectivity index (χ2v) is 5.99. The molecular weight excluding hydrogens is 285 g/mol. The van der Waals surface area contributed by atoms with Crippen molar-refractivity contribution in [2.24, 2.45) is 0 Å². The van der Waals surface area contributed by atoms with Crippen LogP contribution in [-0.2, 0) is 9.59 Å². The summed E-state index contributed by atoms with van der Waals surface area (Å²) in [4.78, 5) is 26.0. The molecule has 1 heterocycles. The Hall–Kier alpha value is -1.27. The van der Waals surface area contributed by atoms with Crippen LogP contribution in [0.25, 0.3) is 0 Å². The summed E-state index contributed by atoms with van der Waals surface area (Å²) in [5, 5.41) is 2.73. The first kappa shape index (κ1) is 16.1. The molecule has 0 aromatic rings. The smallest absolute Gasteiger partial charge is 0.340 e. The van der Waals surface area contributed by atoms with Crippen molar-refractivity contribution in [1.82, 2.24) is 10.2 Å². The van der Waals surface area contributed by atoms with Crippen LogP contribution in [0, 0.1) is 0 Å². The lowest BCUT2D eigenvalue weighted by Crippen LogP contribution is -2.75. The van der Waals surface area contributed by atoms with Gasteiger partial charge >= 0.3 is 6.18 Å². The molecule has 1 aliphatic heterocycles. The zero-order valence-electron chi connectivity index (χ0n) is 12.3. The fraction of sp³-hybridized carbons (Fsp3) is 0.857. The monoisotopic (exact) mass is 306 g/mol. The summed E-state index contributed by atoms with van der Waals surface area (Å²) < 4.78 is 38.7. The van der Waals surface area contributed by atoms with Gasteiger partial charge in [-0.3, -0.25) is 9.59 Å². The first-order valence-corrected chi connectivity index (χ1v) is 7.42. The SMILES string of the molecule is CCC1(CC)NC(=O)C2(CCCC2)N(CC(F)(F)F)C1=O. The normalized spacial score (nSPS) is 24.5. The Morgan fingerprint density at radius 2 is 1.67 bits per heavy atom. The van der Waals surface area contributed by atoms with Gasteiger partial charge in [0.15, 0.2) is 0 Å². The van der Waals surface area contributed by atoms with Crippen LogP contribution < -0.4 is 5.32 Å². The minimum absolute atomic E-state index is 0.290. The van der Waals surface area contributed by atoms with Crippen molar-refractivity contribution in [2.45, 2.75) is 69.6 Å². The second kappa shape index (κ2) is 5.18. The van der Waals surface area contributed by atoms with Crippen molar-refractivity contribution >= 4 is 11.8 Å². The average Bonchev–Trinajstić information content (AvgIpc) is 2.89. The van der Waals surface area contributed by atoms with E-state index in [1.807, 2.05) is 0 Å². The van der Waals surface area contributed by atoms with E-state index in [0.717, 1.165) is 4.90 Å². The van der Waals surface area contributed by atoms with Crippen LogP contribution in [0.2, 0.25) is 0 Å². The van der Waals surface area contributed by atoms with E-state index in [-0.39, 0.29) is 0 Å². The largest absolute Gasteiger partial charge is 0.406 e. The highest BCUT2D eigenvalue weighted by atomic mass is 19.4. The predicted molar refractivity (Wildman–Crippen MR) is 70.4 cm³/mol. The number of nitrogens with one attached hydrogen (secondary N) is 1. The number of carbonyl (C=O) groups is 2. The quantitative estimate of drug-likeness (QED) is 0.870. The second-order valence-electron chi connectivity index (χ2n) is 5.99. The highest BCUT2D eigenvalue weighted by Gasteiger charge is 2.59. The molecule has 0 atom stereocenters. The summed E-state index contributed by atoms with van der Waals surface area (Å²) in [6.07, 6.45) is -1.97. The number of halogens is 3. The molecule has 0 radical (unpaired) electrons. The maximum atomic E-state index is 12.9. The lowest BCUT2D eigenvalue weighted by atomic mass is 9.81. The Bertz CT molecular complexity index is 438. The first-order valence-electron chi connectivity index (χ1n) is 7.42. The van der Waals surface area contributed by atoms with Gasteiger partial charge in [0.05, 0.1) is 0 Å². The van der Waals surface area contributed by atoms with Gasteiger partial charge in [-0.25, -0.2) is 0 Å². The number of alkyl halides is 3. The molecule has 2 rings (SSSR count).